The van der Waals surface area contributed by atoms with Crippen LogP contribution in [0.4, 0.5) is 4.79 Å². The first kappa shape index (κ1) is 17.8. The minimum absolute atomic E-state index is 0.00220. The van der Waals surface area contributed by atoms with Crippen LogP contribution in [-0.4, -0.2) is 52.6 Å². The zero-order valence-electron chi connectivity index (χ0n) is 14.1. The molecule has 0 aromatic heterocycles. The maximum Gasteiger partial charge on any atom is 0.320 e. The van der Waals surface area contributed by atoms with Gasteiger partial charge in [0.2, 0.25) is 0 Å². The molecular formula is C16H30N2O3. The monoisotopic (exact) mass is 298 g/mol. The van der Waals surface area contributed by atoms with Crippen LogP contribution in [0.5, 0.6) is 0 Å². The van der Waals surface area contributed by atoms with Crippen molar-refractivity contribution in [1.29, 1.82) is 0 Å². The van der Waals surface area contributed by atoms with E-state index in [0.717, 1.165) is 19.4 Å². The third-order valence-electron chi connectivity index (χ3n) is 4.45. The molecule has 1 saturated heterocycles. The molecule has 0 saturated carbocycles. The standard InChI is InChI=1S/C16H30N2O3/c1-6-13(7-2)18(10-12(3)4)15(21)17-9-8-16(5,11-17)14(19)20/h12-13H,6-11H2,1-5H3,(H,19,20). The van der Waals surface area contributed by atoms with Crippen LogP contribution in [0.15, 0.2) is 0 Å². The predicted molar refractivity (Wildman–Crippen MR) is 83.2 cm³/mol. The molecule has 1 aliphatic heterocycles. The zero-order chi connectivity index (χ0) is 16.2. The number of hydrogen-bond donors (Lipinski definition) is 1. The summed E-state index contributed by atoms with van der Waals surface area (Å²) in [5.74, 6) is -0.404. The van der Waals surface area contributed by atoms with E-state index in [2.05, 4.69) is 27.7 Å². The molecule has 122 valence electrons. The fourth-order valence-corrected chi connectivity index (χ4v) is 2.99. The van der Waals surface area contributed by atoms with Crippen LogP contribution in [0.3, 0.4) is 0 Å². The van der Waals surface area contributed by atoms with Gasteiger partial charge in [-0.15, -0.1) is 0 Å². The van der Waals surface area contributed by atoms with Crippen LogP contribution in [0.25, 0.3) is 0 Å². The number of carboxylic acid groups (broad SMARTS) is 1. The lowest BCUT2D eigenvalue weighted by atomic mass is 9.90. The van der Waals surface area contributed by atoms with E-state index in [0.29, 0.717) is 25.4 Å². The van der Waals surface area contributed by atoms with E-state index in [1.165, 1.54) is 0 Å². The summed E-state index contributed by atoms with van der Waals surface area (Å²) in [6, 6.07) is 0.235. The molecule has 1 heterocycles. The molecule has 5 heteroatoms. The topological polar surface area (TPSA) is 60.9 Å². The fraction of sp³-hybridized carbons (Fsp3) is 0.875. The highest BCUT2D eigenvalue weighted by atomic mass is 16.4. The van der Waals surface area contributed by atoms with Gasteiger partial charge in [-0.1, -0.05) is 27.7 Å². The number of likely N-dealkylation sites (tertiary alicyclic amines) is 1. The summed E-state index contributed by atoms with van der Waals surface area (Å²) in [5, 5.41) is 9.31. The quantitative estimate of drug-likeness (QED) is 0.820. The highest BCUT2D eigenvalue weighted by Gasteiger charge is 2.43. The second-order valence-electron chi connectivity index (χ2n) is 6.84. The summed E-state index contributed by atoms with van der Waals surface area (Å²) in [6.07, 6.45) is 2.39. The number of amides is 2. The van der Waals surface area contributed by atoms with Crippen LogP contribution in [0, 0.1) is 11.3 Å². The van der Waals surface area contributed by atoms with E-state index >= 15 is 0 Å². The Balaban J connectivity index is 2.84. The van der Waals surface area contributed by atoms with Gasteiger partial charge in [-0.2, -0.15) is 0 Å². The van der Waals surface area contributed by atoms with E-state index in [9.17, 15) is 14.7 Å². The molecule has 1 aliphatic rings. The number of hydrogen-bond acceptors (Lipinski definition) is 2. The van der Waals surface area contributed by atoms with Crippen LogP contribution in [0.1, 0.15) is 53.9 Å². The average Bonchev–Trinajstić information content (AvgIpc) is 2.82. The second-order valence-corrected chi connectivity index (χ2v) is 6.84. The third-order valence-corrected chi connectivity index (χ3v) is 4.45. The highest BCUT2D eigenvalue weighted by molar-refractivity contribution is 5.79. The first-order valence-corrected chi connectivity index (χ1v) is 8.04. The largest absolute Gasteiger partial charge is 0.481 e. The van der Waals surface area contributed by atoms with Crippen LogP contribution in [0.2, 0.25) is 0 Å². The molecule has 1 atom stereocenters. The molecule has 1 N–H and O–H groups in total. The van der Waals surface area contributed by atoms with Gasteiger partial charge in [-0.3, -0.25) is 4.79 Å². The minimum Gasteiger partial charge on any atom is -0.481 e. The van der Waals surface area contributed by atoms with E-state index in [-0.39, 0.29) is 12.1 Å². The van der Waals surface area contributed by atoms with Gasteiger partial charge in [0.25, 0.3) is 0 Å². The average molecular weight is 298 g/mol. The Hall–Kier alpha value is -1.26. The number of carbonyl (C=O) groups excluding carboxylic acids is 1. The summed E-state index contributed by atoms with van der Waals surface area (Å²) in [7, 11) is 0. The lowest BCUT2D eigenvalue weighted by Gasteiger charge is -2.35. The van der Waals surface area contributed by atoms with E-state index in [1.807, 2.05) is 4.90 Å². The third kappa shape index (κ3) is 4.11. The molecule has 0 bridgehead atoms. The van der Waals surface area contributed by atoms with Gasteiger partial charge in [0.05, 0.1) is 5.41 Å². The molecular weight excluding hydrogens is 268 g/mol. The van der Waals surface area contributed by atoms with Gasteiger partial charge in [-0.25, -0.2) is 4.79 Å². The molecule has 2 amide bonds. The normalized spacial score (nSPS) is 22.1. The van der Waals surface area contributed by atoms with Gasteiger partial charge in [-0.05, 0) is 32.1 Å². The van der Waals surface area contributed by atoms with Gasteiger partial charge in [0, 0.05) is 25.7 Å². The molecule has 1 rings (SSSR count). The molecule has 1 fully saturated rings. The smallest absolute Gasteiger partial charge is 0.320 e. The summed E-state index contributed by atoms with van der Waals surface area (Å²) >= 11 is 0. The lowest BCUT2D eigenvalue weighted by molar-refractivity contribution is -0.147. The predicted octanol–water partition coefficient (Wildman–Crippen LogP) is 3.05. The Kier molecular flexibility index (Phi) is 6.05. The fourth-order valence-electron chi connectivity index (χ4n) is 2.99. The van der Waals surface area contributed by atoms with Gasteiger partial charge in [0.15, 0.2) is 0 Å². The maximum atomic E-state index is 12.8. The Morgan fingerprint density at radius 1 is 1.29 bits per heavy atom. The summed E-state index contributed by atoms with van der Waals surface area (Å²) < 4.78 is 0. The van der Waals surface area contributed by atoms with Crippen LogP contribution in [-0.2, 0) is 4.79 Å². The van der Waals surface area contributed by atoms with Gasteiger partial charge < -0.3 is 14.9 Å². The summed E-state index contributed by atoms with van der Waals surface area (Å²) in [4.78, 5) is 27.8. The molecule has 0 radical (unpaired) electrons. The summed E-state index contributed by atoms with van der Waals surface area (Å²) in [6.45, 7) is 11.7. The molecule has 0 aromatic carbocycles. The Morgan fingerprint density at radius 2 is 1.86 bits per heavy atom. The van der Waals surface area contributed by atoms with E-state index < -0.39 is 11.4 Å². The van der Waals surface area contributed by atoms with Crippen molar-refractivity contribution in [3.8, 4) is 0 Å². The van der Waals surface area contributed by atoms with Gasteiger partial charge in [0.1, 0.15) is 0 Å². The molecule has 1 unspecified atom stereocenters. The molecule has 0 aliphatic carbocycles. The highest BCUT2D eigenvalue weighted by Crippen LogP contribution is 2.31. The number of aliphatic carboxylic acids is 1. The maximum absolute atomic E-state index is 12.8. The Labute approximate surface area is 128 Å². The molecule has 21 heavy (non-hydrogen) atoms. The zero-order valence-corrected chi connectivity index (χ0v) is 14.1. The van der Waals surface area contributed by atoms with Crippen molar-refractivity contribution < 1.29 is 14.7 Å². The number of carbonyl (C=O) groups is 2. The van der Waals surface area contributed by atoms with Crippen molar-refractivity contribution >= 4 is 12.0 Å². The lowest BCUT2D eigenvalue weighted by Crippen LogP contribution is -2.49. The molecule has 0 spiro atoms. The van der Waals surface area contributed by atoms with Crippen molar-refractivity contribution in [3.05, 3.63) is 0 Å². The van der Waals surface area contributed by atoms with Crippen molar-refractivity contribution in [1.82, 2.24) is 9.80 Å². The first-order valence-electron chi connectivity index (χ1n) is 8.04. The van der Waals surface area contributed by atoms with Crippen molar-refractivity contribution in [3.63, 3.8) is 0 Å². The van der Waals surface area contributed by atoms with Crippen LogP contribution < -0.4 is 0 Å². The molecule has 0 aromatic rings. The second kappa shape index (κ2) is 7.14. The number of nitrogens with zero attached hydrogens (tertiary/aromatic N) is 2. The van der Waals surface area contributed by atoms with Crippen molar-refractivity contribution in [2.75, 3.05) is 19.6 Å². The number of rotatable bonds is 6. The van der Waals surface area contributed by atoms with Crippen molar-refractivity contribution in [2.24, 2.45) is 11.3 Å². The Bertz CT molecular complexity index is 380. The van der Waals surface area contributed by atoms with Crippen molar-refractivity contribution in [2.45, 2.75) is 59.9 Å². The van der Waals surface area contributed by atoms with Gasteiger partial charge >= 0.3 is 12.0 Å². The Morgan fingerprint density at radius 3 is 2.24 bits per heavy atom. The minimum atomic E-state index is -0.809. The van der Waals surface area contributed by atoms with E-state index in [1.54, 1.807) is 11.8 Å². The number of carboxylic acids is 1. The number of urea groups is 1. The van der Waals surface area contributed by atoms with Crippen LogP contribution >= 0.6 is 0 Å². The molecule has 5 nitrogen and oxygen atoms in total. The first-order chi connectivity index (χ1) is 9.75. The summed E-state index contributed by atoms with van der Waals surface area (Å²) in [5.41, 5.74) is -0.799. The van der Waals surface area contributed by atoms with E-state index in [4.69, 9.17) is 0 Å². The SMILES string of the molecule is CCC(CC)N(CC(C)C)C(=O)N1CCC(C)(C(=O)O)C1.